The van der Waals surface area contributed by atoms with E-state index in [0.717, 1.165) is 12.8 Å². The molecule has 1 aromatic heterocycles. The van der Waals surface area contributed by atoms with E-state index in [2.05, 4.69) is 23.8 Å². The van der Waals surface area contributed by atoms with Gasteiger partial charge in [-0.1, -0.05) is 13.8 Å². The Morgan fingerprint density at radius 3 is 3.18 bits per heavy atom. The zero-order chi connectivity index (χ0) is 7.90. The fourth-order valence-electron chi connectivity index (χ4n) is 1.74. The molecule has 1 aliphatic carbocycles. The first-order chi connectivity index (χ1) is 5.17. The topological polar surface area (TPSA) is 28.7 Å². The maximum Gasteiger partial charge on any atom is 0.0925 e. The quantitative estimate of drug-likeness (QED) is 0.601. The predicted molar refractivity (Wildman–Crippen MR) is 44.4 cm³/mol. The van der Waals surface area contributed by atoms with Crippen molar-refractivity contribution in [3.8, 4) is 0 Å². The Balaban J connectivity index is 2.32. The Kier molecular flexibility index (Phi) is 1.31. The Morgan fingerprint density at radius 1 is 1.55 bits per heavy atom. The van der Waals surface area contributed by atoms with Gasteiger partial charge in [-0.15, -0.1) is 0 Å². The van der Waals surface area contributed by atoms with Crippen molar-refractivity contribution in [2.24, 2.45) is 5.41 Å². The number of fused-ring (bicyclic) bond motifs is 1. The summed E-state index contributed by atoms with van der Waals surface area (Å²) in [6, 6.07) is 0. The van der Waals surface area contributed by atoms with Crippen LogP contribution < -0.4 is 0 Å². The van der Waals surface area contributed by atoms with Gasteiger partial charge in [0.25, 0.3) is 0 Å². The summed E-state index contributed by atoms with van der Waals surface area (Å²) in [7, 11) is 0. The monoisotopic (exact) mass is 150 g/mol. The standard InChI is InChI=1S/C9H14N2/c1-9(2)4-3-7-8(5-9)11-6-10-7/h6H,3-5H2,1-2H3,(H,10,11). The van der Waals surface area contributed by atoms with Crippen molar-refractivity contribution in [3.63, 3.8) is 0 Å². The third-order valence-corrected chi connectivity index (χ3v) is 2.50. The number of hydrogen-bond donors (Lipinski definition) is 1. The third-order valence-electron chi connectivity index (χ3n) is 2.50. The molecule has 1 heterocycles. The molecule has 0 radical (unpaired) electrons. The number of nitrogens with one attached hydrogen (secondary N) is 1. The van der Waals surface area contributed by atoms with Gasteiger partial charge in [0, 0.05) is 5.69 Å². The van der Waals surface area contributed by atoms with E-state index in [1.165, 1.54) is 17.8 Å². The number of nitrogens with zero attached hydrogens (tertiary/aromatic N) is 1. The summed E-state index contributed by atoms with van der Waals surface area (Å²) in [5.41, 5.74) is 3.10. The minimum Gasteiger partial charge on any atom is -0.348 e. The van der Waals surface area contributed by atoms with Crippen molar-refractivity contribution < 1.29 is 0 Å². The number of aromatic amines is 1. The molecule has 0 bridgehead atoms. The molecule has 0 unspecified atom stereocenters. The van der Waals surface area contributed by atoms with Crippen LogP contribution in [0.4, 0.5) is 0 Å². The number of imidazole rings is 1. The van der Waals surface area contributed by atoms with Gasteiger partial charge in [0.15, 0.2) is 0 Å². The van der Waals surface area contributed by atoms with E-state index in [9.17, 15) is 0 Å². The summed E-state index contributed by atoms with van der Waals surface area (Å²) in [6.45, 7) is 4.63. The normalized spacial score (nSPS) is 21.3. The molecule has 0 spiro atoms. The van der Waals surface area contributed by atoms with E-state index in [4.69, 9.17) is 0 Å². The van der Waals surface area contributed by atoms with Crippen molar-refractivity contribution in [1.29, 1.82) is 0 Å². The lowest BCUT2D eigenvalue weighted by atomic mass is 9.78. The summed E-state index contributed by atoms with van der Waals surface area (Å²) >= 11 is 0. The Labute approximate surface area is 67.0 Å². The molecule has 11 heavy (non-hydrogen) atoms. The second-order valence-corrected chi connectivity index (χ2v) is 4.17. The van der Waals surface area contributed by atoms with Crippen molar-refractivity contribution in [2.75, 3.05) is 0 Å². The summed E-state index contributed by atoms with van der Waals surface area (Å²) < 4.78 is 0. The van der Waals surface area contributed by atoms with Gasteiger partial charge < -0.3 is 4.98 Å². The van der Waals surface area contributed by atoms with E-state index < -0.39 is 0 Å². The van der Waals surface area contributed by atoms with Gasteiger partial charge in [0.1, 0.15) is 0 Å². The molecule has 0 aromatic carbocycles. The SMILES string of the molecule is CC1(C)CCc2nc[nH]c2C1. The van der Waals surface area contributed by atoms with Gasteiger partial charge in [-0.05, 0) is 24.7 Å². The van der Waals surface area contributed by atoms with Crippen LogP contribution in [-0.4, -0.2) is 9.97 Å². The van der Waals surface area contributed by atoms with Crippen molar-refractivity contribution in [3.05, 3.63) is 17.7 Å². The molecule has 0 aliphatic heterocycles. The van der Waals surface area contributed by atoms with E-state index in [-0.39, 0.29) is 0 Å². The molecule has 60 valence electrons. The van der Waals surface area contributed by atoms with Crippen LogP contribution in [0.3, 0.4) is 0 Å². The smallest absolute Gasteiger partial charge is 0.0925 e. The lowest BCUT2D eigenvalue weighted by Gasteiger charge is -2.28. The van der Waals surface area contributed by atoms with Crippen LogP contribution >= 0.6 is 0 Å². The average molecular weight is 150 g/mol. The van der Waals surface area contributed by atoms with Crippen LogP contribution in [0.25, 0.3) is 0 Å². The van der Waals surface area contributed by atoms with E-state index in [1.807, 2.05) is 6.33 Å². The highest BCUT2D eigenvalue weighted by Crippen LogP contribution is 2.32. The molecule has 0 saturated carbocycles. The molecule has 0 saturated heterocycles. The van der Waals surface area contributed by atoms with Gasteiger partial charge in [0.2, 0.25) is 0 Å². The molecular weight excluding hydrogens is 136 g/mol. The Bertz CT molecular complexity index is 260. The zero-order valence-corrected chi connectivity index (χ0v) is 7.15. The maximum atomic E-state index is 4.27. The van der Waals surface area contributed by atoms with Gasteiger partial charge >= 0.3 is 0 Å². The fourth-order valence-corrected chi connectivity index (χ4v) is 1.74. The maximum absolute atomic E-state index is 4.27. The van der Waals surface area contributed by atoms with Crippen molar-refractivity contribution in [2.45, 2.75) is 33.1 Å². The molecule has 1 aliphatic rings. The zero-order valence-electron chi connectivity index (χ0n) is 7.15. The van der Waals surface area contributed by atoms with Crippen LogP contribution in [-0.2, 0) is 12.8 Å². The molecular formula is C9H14N2. The van der Waals surface area contributed by atoms with Gasteiger partial charge in [0.05, 0.1) is 12.0 Å². The van der Waals surface area contributed by atoms with E-state index in [0.29, 0.717) is 5.41 Å². The molecule has 2 rings (SSSR count). The van der Waals surface area contributed by atoms with Crippen molar-refractivity contribution in [1.82, 2.24) is 9.97 Å². The molecule has 2 nitrogen and oxygen atoms in total. The lowest BCUT2D eigenvalue weighted by Crippen LogP contribution is -2.21. The first-order valence-corrected chi connectivity index (χ1v) is 4.18. The van der Waals surface area contributed by atoms with Crippen molar-refractivity contribution >= 4 is 0 Å². The summed E-state index contributed by atoms with van der Waals surface area (Å²) in [6.07, 6.45) is 5.38. The Hall–Kier alpha value is -0.790. The first-order valence-electron chi connectivity index (χ1n) is 4.18. The average Bonchev–Trinajstić information content (AvgIpc) is 2.31. The van der Waals surface area contributed by atoms with Gasteiger partial charge in [-0.2, -0.15) is 0 Å². The second-order valence-electron chi connectivity index (χ2n) is 4.17. The van der Waals surface area contributed by atoms with E-state index >= 15 is 0 Å². The summed E-state index contributed by atoms with van der Waals surface area (Å²) in [5, 5.41) is 0. The van der Waals surface area contributed by atoms with Crippen LogP contribution in [0.1, 0.15) is 31.7 Å². The number of rotatable bonds is 0. The first kappa shape index (κ1) is 6.89. The van der Waals surface area contributed by atoms with E-state index in [1.54, 1.807) is 0 Å². The molecule has 2 heteroatoms. The number of aryl methyl sites for hydroxylation is 1. The molecule has 0 fully saturated rings. The Morgan fingerprint density at radius 2 is 2.36 bits per heavy atom. The fraction of sp³-hybridized carbons (Fsp3) is 0.667. The minimum atomic E-state index is 0.472. The highest BCUT2D eigenvalue weighted by molar-refractivity contribution is 5.16. The summed E-state index contributed by atoms with van der Waals surface area (Å²) in [4.78, 5) is 7.47. The molecule has 1 N–H and O–H groups in total. The number of H-pyrrole nitrogens is 1. The second kappa shape index (κ2) is 2.10. The van der Waals surface area contributed by atoms with Crippen LogP contribution in [0.5, 0.6) is 0 Å². The predicted octanol–water partition coefficient (Wildman–Crippen LogP) is 1.92. The number of hydrogen-bond acceptors (Lipinski definition) is 1. The van der Waals surface area contributed by atoms with Crippen LogP contribution in [0, 0.1) is 5.41 Å². The summed E-state index contributed by atoms with van der Waals surface area (Å²) in [5.74, 6) is 0. The molecule has 1 aromatic rings. The number of aromatic nitrogens is 2. The largest absolute Gasteiger partial charge is 0.348 e. The molecule has 0 amide bonds. The van der Waals surface area contributed by atoms with Gasteiger partial charge in [-0.25, -0.2) is 4.98 Å². The highest BCUT2D eigenvalue weighted by Gasteiger charge is 2.26. The van der Waals surface area contributed by atoms with Crippen LogP contribution in [0.2, 0.25) is 0 Å². The lowest BCUT2D eigenvalue weighted by molar-refractivity contribution is 0.310. The minimum absolute atomic E-state index is 0.472. The van der Waals surface area contributed by atoms with Crippen LogP contribution in [0.15, 0.2) is 6.33 Å². The molecule has 0 atom stereocenters. The third kappa shape index (κ3) is 1.17. The highest BCUT2D eigenvalue weighted by atomic mass is 14.9. The van der Waals surface area contributed by atoms with Gasteiger partial charge in [-0.3, -0.25) is 0 Å².